The Bertz CT molecular complexity index is 635. The molecule has 1 aromatic carbocycles. The van der Waals surface area contributed by atoms with Crippen LogP contribution in [-0.2, 0) is 4.79 Å². The molecule has 5 heteroatoms. The summed E-state index contributed by atoms with van der Waals surface area (Å²) in [6.07, 6.45) is 5.16. The zero-order valence-corrected chi connectivity index (χ0v) is 16.2. The van der Waals surface area contributed by atoms with Crippen LogP contribution in [-0.4, -0.2) is 41.8 Å². The first-order valence-corrected chi connectivity index (χ1v) is 9.06. The third kappa shape index (κ3) is 4.62. The molecular weight excluding hydrogens is 336 g/mol. The number of amides is 1. The Labute approximate surface area is 156 Å². The van der Waals surface area contributed by atoms with Crippen LogP contribution in [0.5, 0.6) is 0 Å². The normalized spacial score (nSPS) is 24.5. The summed E-state index contributed by atoms with van der Waals surface area (Å²) in [5.74, 6) is 0.170. The van der Waals surface area contributed by atoms with Crippen molar-refractivity contribution in [2.45, 2.75) is 70.5 Å². The minimum Gasteiger partial charge on any atom is -0.343 e. The second-order valence-electron chi connectivity index (χ2n) is 7.51. The molecule has 0 aliphatic carbocycles. The molecule has 1 aromatic rings. The maximum Gasteiger partial charge on any atom is 0.223 e. The monoisotopic (exact) mass is 364 g/mol. The third-order valence-corrected chi connectivity index (χ3v) is 5.65. The molecule has 2 unspecified atom stereocenters. The molecular formula is C20H29ClN2O2. The largest absolute Gasteiger partial charge is 0.343 e. The number of ketones is 1. The molecule has 2 aliphatic rings. The zero-order chi connectivity index (χ0) is 17.3. The third-order valence-electron chi connectivity index (χ3n) is 5.65. The van der Waals surface area contributed by atoms with Crippen molar-refractivity contribution >= 4 is 24.1 Å². The summed E-state index contributed by atoms with van der Waals surface area (Å²) in [5, 5.41) is 3.61. The van der Waals surface area contributed by atoms with E-state index < -0.39 is 0 Å². The molecule has 2 aliphatic heterocycles. The van der Waals surface area contributed by atoms with E-state index in [-0.39, 0.29) is 24.1 Å². The summed E-state index contributed by atoms with van der Waals surface area (Å²) in [6, 6.07) is 7.38. The molecule has 138 valence electrons. The quantitative estimate of drug-likeness (QED) is 0.814. The number of Topliss-reactive ketones (excluding diaryl/α,β-unsaturated/α-hetero) is 1. The van der Waals surface area contributed by atoms with Crippen molar-refractivity contribution in [2.75, 3.05) is 7.05 Å². The molecule has 2 saturated heterocycles. The molecule has 25 heavy (non-hydrogen) atoms. The van der Waals surface area contributed by atoms with E-state index in [9.17, 15) is 9.59 Å². The summed E-state index contributed by atoms with van der Waals surface area (Å²) in [7, 11) is 1.90. The molecule has 2 atom stereocenters. The van der Waals surface area contributed by atoms with Gasteiger partial charge in [0, 0.05) is 43.6 Å². The van der Waals surface area contributed by atoms with Crippen LogP contribution < -0.4 is 5.32 Å². The van der Waals surface area contributed by atoms with Crippen LogP contribution in [0.15, 0.2) is 18.2 Å². The fourth-order valence-corrected chi connectivity index (χ4v) is 4.11. The van der Waals surface area contributed by atoms with Crippen LogP contribution in [0.1, 0.15) is 60.0 Å². The fourth-order valence-electron chi connectivity index (χ4n) is 4.11. The Kier molecular flexibility index (Phi) is 6.64. The topological polar surface area (TPSA) is 49.4 Å². The zero-order valence-electron chi connectivity index (χ0n) is 15.4. The highest BCUT2D eigenvalue weighted by Crippen LogP contribution is 2.29. The minimum absolute atomic E-state index is 0. The van der Waals surface area contributed by atoms with Crippen LogP contribution in [0, 0.1) is 13.8 Å². The number of benzene rings is 1. The van der Waals surface area contributed by atoms with Crippen LogP contribution >= 0.6 is 12.4 Å². The molecule has 0 radical (unpaired) electrons. The van der Waals surface area contributed by atoms with Crippen molar-refractivity contribution in [3.63, 3.8) is 0 Å². The Morgan fingerprint density at radius 1 is 1.12 bits per heavy atom. The van der Waals surface area contributed by atoms with Gasteiger partial charge in [0.2, 0.25) is 5.91 Å². The van der Waals surface area contributed by atoms with E-state index in [1.54, 1.807) is 0 Å². The predicted molar refractivity (Wildman–Crippen MR) is 102 cm³/mol. The number of nitrogens with one attached hydrogen (secondary N) is 1. The molecule has 3 rings (SSSR count). The van der Waals surface area contributed by atoms with E-state index in [2.05, 4.69) is 5.32 Å². The van der Waals surface area contributed by atoms with Gasteiger partial charge in [-0.3, -0.25) is 9.59 Å². The number of carbonyl (C=O) groups excluding carboxylic acids is 2. The summed E-state index contributed by atoms with van der Waals surface area (Å²) < 4.78 is 0. The van der Waals surface area contributed by atoms with Gasteiger partial charge in [0.1, 0.15) is 0 Å². The maximum atomic E-state index is 12.5. The Morgan fingerprint density at radius 3 is 2.40 bits per heavy atom. The first-order chi connectivity index (χ1) is 11.4. The lowest BCUT2D eigenvalue weighted by atomic mass is 9.97. The number of aryl methyl sites for hydroxylation is 2. The summed E-state index contributed by atoms with van der Waals surface area (Å²) in [4.78, 5) is 26.9. The Balaban J connectivity index is 0.00000225. The number of nitrogens with zero attached hydrogens (tertiary/aromatic N) is 1. The number of rotatable bonds is 5. The maximum absolute atomic E-state index is 12.5. The van der Waals surface area contributed by atoms with Gasteiger partial charge in [-0.25, -0.2) is 0 Å². The van der Waals surface area contributed by atoms with Crippen LogP contribution in [0.4, 0.5) is 0 Å². The Morgan fingerprint density at radius 2 is 1.76 bits per heavy atom. The van der Waals surface area contributed by atoms with Crippen LogP contribution in [0.2, 0.25) is 0 Å². The number of hydrogen-bond acceptors (Lipinski definition) is 3. The summed E-state index contributed by atoms with van der Waals surface area (Å²) in [5.41, 5.74) is 2.82. The molecule has 2 heterocycles. The van der Waals surface area contributed by atoms with Crippen molar-refractivity contribution in [1.29, 1.82) is 0 Å². The lowest BCUT2D eigenvalue weighted by molar-refractivity contribution is -0.132. The van der Waals surface area contributed by atoms with E-state index in [4.69, 9.17) is 0 Å². The average Bonchev–Trinajstić information content (AvgIpc) is 2.91. The second kappa shape index (κ2) is 8.33. The fraction of sp³-hybridized carbons (Fsp3) is 0.600. The van der Waals surface area contributed by atoms with Gasteiger partial charge in [-0.1, -0.05) is 17.7 Å². The molecule has 0 saturated carbocycles. The highest BCUT2D eigenvalue weighted by Gasteiger charge is 2.36. The molecule has 2 bridgehead atoms. The van der Waals surface area contributed by atoms with Gasteiger partial charge in [0.15, 0.2) is 5.78 Å². The van der Waals surface area contributed by atoms with Gasteiger partial charge in [-0.05, 0) is 51.2 Å². The van der Waals surface area contributed by atoms with Crippen molar-refractivity contribution in [3.8, 4) is 0 Å². The molecule has 0 spiro atoms. The first-order valence-electron chi connectivity index (χ1n) is 9.06. The van der Waals surface area contributed by atoms with Crippen molar-refractivity contribution in [1.82, 2.24) is 10.2 Å². The molecule has 0 aromatic heterocycles. The number of carbonyl (C=O) groups is 2. The average molecular weight is 365 g/mol. The predicted octanol–water partition coefficient (Wildman–Crippen LogP) is 3.43. The number of piperidine rings is 1. The minimum atomic E-state index is 0. The van der Waals surface area contributed by atoms with Gasteiger partial charge in [0.25, 0.3) is 0 Å². The lowest BCUT2D eigenvalue weighted by Crippen LogP contribution is -2.48. The molecule has 1 N–H and O–H groups in total. The molecule has 2 fully saturated rings. The SMILES string of the molecule is Cc1ccc(C)c(C(=O)CCC(=O)N(C)C2CC3CCC(C2)N3)c1.Cl. The van der Waals surface area contributed by atoms with Crippen LogP contribution in [0.3, 0.4) is 0 Å². The van der Waals surface area contributed by atoms with E-state index >= 15 is 0 Å². The standard InChI is InChI=1S/C20H28N2O2.ClH/c1-13-4-5-14(2)18(10-13)19(23)8-9-20(24)22(3)17-11-15-6-7-16(12-17)21-15;/h4-5,10,15-17,21H,6-9,11-12H2,1-3H3;1H. The first kappa shape index (κ1) is 19.9. The number of hydrogen-bond donors (Lipinski definition) is 1. The lowest BCUT2D eigenvalue weighted by Gasteiger charge is -2.35. The number of fused-ring (bicyclic) bond motifs is 2. The van der Waals surface area contributed by atoms with Gasteiger partial charge in [-0.15, -0.1) is 12.4 Å². The van der Waals surface area contributed by atoms with Gasteiger partial charge in [0.05, 0.1) is 0 Å². The van der Waals surface area contributed by atoms with Crippen molar-refractivity contribution in [3.05, 3.63) is 34.9 Å². The summed E-state index contributed by atoms with van der Waals surface area (Å²) in [6.45, 7) is 3.94. The van der Waals surface area contributed by atoms with Crippen LogP contribution in [0.25, 0.3) is 0 Å². The molecule has 1 amide bonds. The smallest absolute Gasteiger partial charge is 0.223 e. The van der Waals surface area contributed by atoms with Gasteiger partial charge < -0.3 is 10.2 Å². The second-order valence-corrected chi connectivity index (χ2v) is 7.51. The van der Waals surface area contributed by atoms with Gasteiger partial charge >= 0.3 is 0 Å². The molecule has 4 nitrogen and oxygen atoms in total. The highest BCUT2D eigenvalue weighted by molar-refractivity contribution is 5.99. The van der Waals surface area contributed by atoms with E-state index in [0.29, 0.717) is 31.0 Å². The van der Waals surface area contributed by atoms with E-state index in [0.717, 1.165) is 29.5 Å². The van der Waals surface area contributed by atoms with E-state index in [1.807, 2.05) is 44.0 Å². The Hall–Kier alpha value is -1.39. The number of halogens is 1. The van der Waals surface area contributed by atoms with E-state index in [1.165, 1.54) is 12.8 Å². The summed E-state index contributed by atoms with van der Waals surface area (Å²) >= 11 is 0. The van der Waals surface area contributed by atoms with Gasteiger partial charge in [-0.2, -0.15) is 0 Å². The van der Waals surface area contributed by atoms with Crippen molar-refractivity contribution in [2.24, 2.45) is 0 Å². The van der Waals surface area contributed by atoms with Crippen molar-refractivity contribution < 1.29 is 9.59 Å². The highest BCUT2D eigenvalue weighted by atomic mass is 35.5.